The van der Waals surface area contributed by atoms with Crippen LogP contribution in [-0.2, 0) is 0 Å². The van der Waals surface area contributed by atoms with Gasteiger partial charge in [0.05, 0.1) is 6.10 Å². The zero-order valence-electron chi connectivity index (χ0n) is 11.6. The molecule has 4 nitrogen and oxygen atoms in total. The molecule has 1 saturated carbocycles. The molecule has 18 heavy (non-hydrogen) atoms. The van der Waals surface area contributed by atoms with Crippen LogP contribution in [0, 0.1) is 0 Å². The molecule has 0 aromatic heterocycles. The van der Waals surface area contributed by atoms with E-state index < -0.39 is 0 Å². The second-order valence-electron chi connectivity index (χ2n) is 5.29. The van der Waals surface area contributed by atoms with Crippen LogP contribution < -0.4 is 10.6 Å². The maximum Gasteiger partial charge on any atom is 0.315 e. The lowest BCUT2D eigenvalue weighted by Gasteiger charge is -2.21. The van der Waals surface area contributed by atoms with E-state index in [0.717, 1.165) is 19.3 Å². The zero-order valence-corrected chi connectivity index (χ0v) is 11.6. The van der Waals surface area contributed by atoms with Crippen molar-refractivity contribution in [3.63, 3.8) is 0 Å². The van der Waals surface area contributed by atoms with Gasteiger partial charge in [0, 0.05) is 12.6 Å². The monoisotopic (exact) mass is 256 g/mol. The smallest absolute Gasteiger partial charge is 0.315 e. The van der Waals surface area contributed by atoms with Gasteiger partial charge in [-0.05, 0) is 25.7 Å². The Hall–Kier alpha value is -0.770. The summed E-state index contributed by atoms with van der Waals surface area (Å²) in [4.78, 5) is 11.7. The highest BCUT2D eigenvalue weighted by molar-refractivity contribution is 5.74. The van der Waals surface area contributed by atoms with E-state index in [0.29, 0.717) is 19.0 Å². The molecule has 1 unspecified atom stereocenters. The van der Waals surface area contributed by atoms with Crippen molar-refractivity contribution < 1.29 is 9.90 Å². The fourth-order valence-electron chi connectivity index (χ4n) is 2.39. The lowest BCUT2D eigenvalue weighted by atomic mass is 9.97. The minimum Gasteiger partial charge on any atom is -0.393 e. The molecule has 0 aromatic rings. The molecule has 3 N–H and O–H groups in total. The lowest BCUT2D eigenvalue weighted by Crippen LogP contribution is -2.43. The first-order chi connectivity index (χ1) is 8.72. The Morgan fingerprint density at radius 2 is 1.83 bits per heavy atom. The first-order valence-corrected chi connectivity index (χ1v) is 7.44. The number of hydrogen-bond donors (Lipinski definition) is 3. The Kier molecular flexibility index (Phi) is 7.81. The summed E-state index contributed by atoms with van der Waals surface area (Å²) in [6.45, 7) is 2.49. The number of amides is 2. The minimum absolute atomic E-state index is 0.0797. The molecule has 106 valence electrons. The van der Waals surface area contributed by atoms with Gasteiger partial charge >= 0.3 is 6.03 Å². The highest BCUT2D eigenvalue weighted by Crippen LogP contribution is 2.16. The summed E-state index contributed by atoms with van der Waals surface area (Å²) in [7, 11) is 0. The summed E-state index contributed by atoms with van der Waals surface area (Å²) in [5.41, 5.74) is 0. The van der Waals surface area contributed by atoms with Crippen molar-refractivity contribution in [1.82, 2.24) is 10.6 Å². The molecular formula is C14H28N2O2. The Morgan fingerprint density at radius 1 is 1.22 bits per heavy atom. The van der Waals surface area contributed by atoms with Crippen molar-refractivity contribution in [2.45, 2.75) is 76.9 Å². The number of aliphatic hydroxyl groups excluding tert-OH is 1. The van der Waals surface area contributed by atoms with E-state index in [1.54, 1.807) is 0 Å². The number of aliphatic hydroxyl groups is 1. The molecule has 1 aliphatic rings. The summed E-state index contributed by atoms with van der Waals surface area (Å²) >= 11 is 0. The van der Waals surface area contributed by atoms with Crippen LogP contribution in [0.2, 0.25) is 0 Å². The summed E-state index contributed by atoms with van der Waals surface area (Å²) < 4.78 is 0. The van der Waals surface area contributed by atoms with Gasteiger partial charge in [-0.1, -0.05) is 39.0 Å². The van der Waals surface area contributed by atoms with Gasteiger partial charge in [0.25, 0.3) is 0 Å². The van der Waals surface area contributed by atoms with Gasteiger partial charge in [0.15, 0.2) is 0 Å². The molecule has 1 rings (SSSR count). The van der Waals surface area contributed by atoms with Gasteiger partial charge in [-0.2, -0.15) is 0 Å². The zero-order chi connectivity index (χ0) is 13.2. The number of hydrogen-bond acceptors (Lipinski definition) is 2. The van der Waals surface area contributed by atoms with Crippen LogP contribution in [0.5, 0.6) is 0 Å². The molecule has 0 heterocycles. The molecule has 1 atom stereocenters. The Morgan fingerprint density at radius 3 is 2.44 bits per heavy atom. The molecule has 4 heteroatoms. The third kappa shape index (κ3) is 6.84. The number of rotatable bonds is 5. The first kappa shape index (κ1) is 15.3. The van der Waals surface area contributed by atoms with Crippen LogP contribution in [0.15, 0.2) is 0 Å². The van der Waals surface area contributed by atoms with Crippen LogP contribution in [-0.4, -0.2) is 29.8 Å². The van der Waals surface area contributed by atoms with E-state index in [1.807, 2.05) is 6.92 Å². The third-order valence-electron chi connectivity index (χ3n) is 3.67. The van der Waals surface area contributed by atoms with Crippen LogP contribution in [0.1, 0.15) is 64.7 Å². The second kappa shape index (κ2) is 9.20. The van der Waals surface area contributed by atoms with Crippen molar-refractivity contribution in [3.05, 3.63) is 0 Å². The van der Waals surface area contributed by atoms with E-state index in [9.17, 15) is 9.90 Å². The van der Waals surface area contributed by atoms with Crippen molar-refractivity contribution in [1.29, 1.82) is 0 Å². The molecule has 1 fully saturated rings. The molecule has 0 radical (unpaired) electrons. The largest absolute Gasteiger partial charge is 0.393 e. The average molecular weight is 256 g/mol. The Bertz CT molecular complexity index is 226. The number of carbonyl (C=O) groups excluding carboxylic acids is 1. The van der Waals surface area contributed by atoms with E-state index in [-0.39, 0.29) is 12.1 Å². The normalized spacial score (nSPS) is 19.7. The van der Waals surface area contributed by atoms with E-state index in [2.05, 4.69) is 10.6 Å². The quantitative estimate of drug-likeness (QED) is 0.708. The average Bonchev–Trinajstić information content (AvgIpc) is 2.32. The number of urea groups is 1. The molecular weight excluding hydrogens is 228 g/mol. The fraction of sp³-hybridized carbons (Fsp3) is 0.929. The molecule has 0 aliphatic heterocycles. The van der Waals surface area contributed by atoms with Crippen LogP contribution in [0.4, 0.5) is 4.79 Å². The lowest BCUT2D eigenvalue weighted by molar-refractivity contribution is 0.160. The standard InChI is InChI=1S/C14H28N2O2/c1-2-13(17)10-11-15-14(18)16-12-8-6-4-3-5-7-9-12/h12-13,17H,2-11H2,1H3,(H2,15,16,18). The first-order valence-electron chi connectivity index (χ1n) is 7.44. The fourth-order valence-corrected chi connectivity index (χ4v) is 2.39. The Balaban J connectivity index is 2.13. The van der Waals surface area contributed by atoms with Gasteiger partial charge in [-0.15, -0.1) is 0 Å². The van der Waals surface area contributed by atoms with Gasteiger partial charge in [-0.3, -0.25) is 0 Å². The predicted molar refractivity (Wildman–Crippen MR) is 73.6 cm³/mol. The van der Waals surface area contributed by atoms with E-state index >= 15 is 0 Å². The van der Waals surface area contributed by atoms with Crippen LogP contribution >= 0.6 is 0 Å². The summed E-state index contributed by atoms with van der Waals surface area (Å²) in [5, 5.41) is 15.3. The molecule has 0 bridgehead atoms. The summed E-state index contributed by atoms with van der Waals surface area (Å²) in [6, 6.07) is 0.255. The summed E-state index contributed by atoms with van der Waals surface area (Å²) in [6.07, 6.45) is 9.65. The van der Waals surface area contributed by atoms with E-state index in [1.165, 1.54) is 32.1 Å². The van der Waals surface area contributed by atoms with Crippen LogP contribution in [0.3, 0.4) is 0 Å². The highest BCUT2D eigenvalue weighted by Gasteiger charge is 2.13. The van der Waals surface area contributed by atoms with Crippen molar-refractivity contribution in [2.75, 3.05) is 6.54 Å². The van der Waals surface area contributed by atoms with Crippen LogP contribution in [0.25, 0.3) is 0 Å². The maximum absolute atomic E-state index is 11.7. The molecule has 2 amide bonds. The van der Waals surface area contributed by atoms with Crippen molar-refractivity contribution in [2.24, 2.45) is 0 Å². The van der Waals surface area contributed by atoms with Crippen molar-refractivity contribution >= 4 is 6.03 Å². The van der Waals surface area contributed by atoms with Gasteiger partial charge < -0.3 is 15.7 Å². The topological polar surface area (TPSA) is 61.4 Å². The maximum atomic E-state index is 11.7. The Labute approximate surface area is 111 Å². The highest BCUT2D eigenvalue weighted by atomic mass is 16.3. The van der Waals surface area contributed by atoms with E-state index in [4.69, 9.17) is 0 Å². The third-order valence-corrected chi connectivity index (χ3v) is 3.67. The van der Waals surface area contributed by atoms with Gasteiger partial charge in [0.2, 0.25) is 0 Å². The predicted octanol–water partition coefficient (Wildman–Crippen LogP) is 2.56. The summed E-state index contributed by atoms with van der Waals surface area (Å²) in [5.74, 6) is 0. The van der Waals surface area contributed by atoms with Crippen molar-refractivity contribution in [3.8, 4) is 0 Å². The molecule has 0 saturated heterocycles. The number of carbonyl (C=O) groups is 1. The molecule has 1 aliphatic carbocycles. The molecule has 0 spiro atoms. The SMILES string of the molecule is CCC(O)CCNC(=O)NC1CCCCCCC1. The molecule has 0 aromatic carbocycles. The second-order valence-corrected chi connectivity index (χ2v) is 5.29. The minimum atomic E-state index is -0.299. The van der Waals surface area contributed by atoms with Gasteiger partial charge in [0.1, 0.15) is 0 Å². The number of nitrogens with one attached hydrogen (secondary N) is 2. The van der Waals surface area contributed by atoms with Gasteiger partial charge in [-0.25, -0.2) is 4.79 Å².